The number of carbonyl (C=O) groups is 1. The van der Waals surface area contributed by atoms with Crippen LogP contribution >= 0.6 is 11.3 Å². The number of hydrogen-bond donors (Lipinski definition) is 0. The molecule has 42 heavy (non-hydrogen) atoms. The van der Waals surface area contributed by atoms with Gasteiger partial charge in [-0.1, -0.05) is 43.0 Å². The lowest BCUT2D eigenvalue weighted by atomic mass is 9.87. The second-order valence-corrected chi connectivity index (χ2v) is 11.1. The molecular weight excluding hydrogens is 550 g/mol. The zero-order valence-corrected chi connectivity index (χ0v) is 24.4. The number of carboxylic acid groups (broad SMARTS) is 1. The zero-order chi connectivity index (χ0) is 29.1. The van der Waals surface area contributed by atoms with E-state index in [-0.39, 0.29) is 18.6 Å². The molecule has 7 nitrogen and oxygen atoms in total. The van der Waals surface area contributed by atoms with E-state index >= 15 is 0 Å². The van der Waals surface area contributed by atoms with Crippen LogP contribution in [-0.4, -0.2) is 50.0 Å². The molecule has 1 saturated heterocycles. The molecule has 0 radical (unpaired) electrons. The molecule has 3 aromatic carbocycles. The van der Waals surface area contributed by atoms with Crippen LogP contribution in [0.4, 0.5) is 4.79 Å². The Labute approximate surface area is 250 Å². The first-order chi connectivity index (χ1) is 20.6. The molecule has 2 unspecified atom stereocenters. The Morgan fingerprint density at radius 1 is 0.952 bits per heavy atom. The van der Waals surface area contributed by atoms with E-state index in [2.05, 4.69) is 47.7 Å². The lowest BCUT2D eigenvalue weighted by Crippen LogP contribution is -2.51. The van der Waals surface area contributed by atoms with Gasteiger partial charge in [0.15, 0.2) is 0 Å². The SMILES string of the molecule is C=CCOc1ccc2ccc(COC3CN(C(=O)[O-])CCC3c3ccc(OCCCOCc4ccsc4)cc3)cc2c1. The molecule has 2 atom stereocenters. The number of likely N-dealkylation sites (tertiary alicyclic amines) is 1. The van der Waals surface area contributed by atoms with Crippen LogP contribution in [0.2, 0.25) is 0 Å². The summed E-state index contributed by atoms with van der Waals surface area (Å²) in [4.78, 5) is 13.0. The fourth-order valence-electron chi connectivity index (χ4n) is 5.17. The van der Waals surface area contributed by atoms with Gasteiger partial charge in [0.25, 0.3) is 0 Å². The number of thiophene rings is 1. The van der Waals surface area contributed by atoms with E-state index in [9.17, 15) is 9.90 Å². The van der Waals surface area contributed by atoms with Crippen molar-refractivity contribution in [1.29, 1.82) is 0 Å². The molecule has 0 N–H and O–H groups in total. The molecule has 1 fully saturated rings. The van der Waals surface area contributed by atoms with Gasteiger partial charge >= 0.3 is 0 Å². The highest BCUT2D eigenvalue weighted by Crippen LogP contribution is 2.32. The van der Waals surface area contributed by atoms with Crippen molar-refractivity contribution in [2.24, 2.45) is 0 Å². The molecule has 220 valence electrons. The maximum Gasteiger partial charge on any atom is 0.137 e. The third-order valence-electron chi connectivity index (χ3n) is 7.38. The Bertz CT molecular complexity index is 1440. The second-order valence-electron chi connectivity index (χ2n) is 10.4. The van der Waals surface area contributed by atoms with Gasteiger partial charge in [0.05, 0.1) is 32.5 Å². The Hall–Kier alpha value is -3.85. The van der Waals surface area contributed by atoms with Gasteiger partial charge in [0.1, 0.15) is 24.2 Å². The number of fused-ring (bicyclic) bond motifs is 1. The highest BCUT2D eigenvalue weighted by Gasteiger charge is 2.31. The van der Waals surface area contributed by atoms with E-state index in [1.54, 1.807) is 17.4 Å². The van der Waals surface area contributed by atoms with Gasteiger partial charge in [-0.25, -0.2) is 0 Å². The van der Waals surface area contributed by atoms with Crippen molar-refractivity contribution < 1.29 is 28.8 Å². The van der Waals surface area contributed by atoms with Crippen molar-refractivity contribution in [2.75, 3.05) is 32.9 Å². The van der Waals surface area contributed by atoms with Gasteiger partial charge in [-0.15, -0.1) is 0 Å². The van der Waals surface area contributed by atoms with E-state index in [1.807, 2.05) is 36.4 Å². The quantitative estimate of drug-likeness (QED) is 0.130. The van der Waals surface area contributed by atoms with Gasteiger partial charge < -0.3 is 33.7 Å². The number of hydrogen-bond acceptors (Lipinski definition) is 7. The molecule has 8 heteroatoms. The normalized spacial score (nSPS) is 16.8. The molecule has 1 amide bonds. The molecule has 0 spiro atoms. The second kappa shape index (κ2) is 14.9. The topological polar surface area (TPSA) is 80.3 Å². The van der Waals surface area contributed by atoms with Gasteiger partial charge in [0, 0.05) is 25.4 Å². The lowest BCUT2D eigenvalue weighted by Gasteiger charge is -2.40. The van der Waals surface area contributed by atoms with Crippen molar-refractivity contribution in [1.82, 2.24) is 4.90 Å². The third kappa shape index (κ3) is 8.12. The number of carbonyl (C=O) groups excluding carboxylic acids is 1. The van der Waals surface area contributed by atoms with Gasteiger partial charge in [-0.3, -0.25) is 0 Å². The predicted molar refractivity (Wildman–Crippen MR) is 163 cm³/mol. The summed E-state index contributed by atoms with van der Waals surface area (Å²) in [6.45, 7) is 7.05. The molecule has 4 aromatic rings. The largest absolute Gasteiger partial charge is 0.530 e. The molecule has 5 rings (SSSR count). The smallest absolute Gasteiger partial charge is 0.137 e. The van der Waals surface area contributed by atoms with Crippen LogP contribution in [-0.2, 0) is 22.7 Å². The maximum absolute atomic E-state index is 11.7. The minimum Gasteiger partial charge on any atom is -0.530 e. The van der Waals surface area contributed by atoms with E-state index < -0.39 is 6.09 Å². The van der Waals surface area contributed by atoms with Crippen LogP contribution in [0.25, 0.3) is 10.8 Å². The fourth-order valence-corrected chi connectivity index (χ4v) is 5.83. The minimum absolute atomic E-state index is 0.0551. The van der Waals surface area contributed by atoms with E-state index in [0.717, 1.165) is 39.8 Å². The number of nitrogens with zero attached hydrogens (tertiary/aromatic N) is 1. The summed E-state index contributed by atoms with van der Waals surface area (Å²) in [5, 5.41) is 18.0. The standard InChI is InChI=1S/C34H37NO6S/c1-2-15-39-31-11-6-27-5-4-25(19-29(27)20-31)23-41-33-21-35(34(36)37)14-12-32(33)28-7-9-30(10-8-28)40-17-3-16-38-22-26-13-18-42-24-26/h2,4-11,13,18-20,24,32-33H,1,3,12,14-17,21-23H2,(H,36,37)/p-1. The van der Waals surface area contributed by atoms with Crippen LogP contribution in [0.15, 0.2) is 90.1 Å². The van der Waals surface area contributed by atoms with Crippen LogP contribution in [0.3, 0.4) is 0 Å². The summed E-state index contributed by atoms with van der Waals surface area (Å²) in [6, 6.07) is 22.3. The number of rotatable bonds is 14. The average molecular weight is 587 g/mol. The van der Waals surface area contributed by atoms with E-state index in [0.29, 0.717) is 46.0 Å². The van der Waals surface area contributed by atoms with Crippen molar-refractivity contribution in [3.63, 3.8) is 0 Å². The maximum atomic E-state index is 11.7. The monoisotopic (exact) mass is 586 g/mol. The fraction of sp³-hybridized carbons (Fsp3) is 0.324. The van der Waals surface area contributed by atoms with E-state index in [4.69, 9.17) is 18.9 Å². The van der Waals surface area contributed by atoms with Crippen molar-refractivity contribution in [3.8, 4) is 11.5 Å². The summed E-state index contributed by atoms with van der Waals surface area (Å²) in [5.41, 5.74) is 3.31. The summed E-state index contributed by atoms with van der Waals surface area (Å²) in [5.74, 6) is 1.64. The predicted octanol–water partition coefficient (Wildman–Crippen LogP) is 6.17. The van der Waals surface area contributed by atoms with Crippen LogP contribution in [0, 0.1) is 0 Å². The van der Waals surface area contributed by atoms with Gasteiger partial charge in [0.2, 0.25) is 0 Å². The summed E-state index contributed by atoms with van der Waals surface area (Å²) < 4.78 is 23.7. The molecule has 1 aromatic heterocycles. The molecule has 2 heterocycles. The van der Waals surface area contributed by atoms with E-state index in [1.165, 1.54) is 10.5 Å². The molecule has 1 aliphatic rings. The minimum atomic E-state index is -1.16. The van der Waals surface area contributed by atoms with Gasteiger partial charge in [-0.05, 0) is 81.0 Å². The first kappa shape index (κ1) is 29.6. The molecule has 0 bridgehead atoms. The van der Waals surface area contributed by atoms with Crippen LogP contribution < -0.4 is 14.6 Å². The van der Waals surface area contributed by atoms with Crippen molar-refractivity contribution in [3.05, 3.63) is 107 Å². The Kier molecular flexibility index (Phi) is 10.5. The zero-order valence-electron chi connectivity index (χ0n) is 23.6. The summed E-state index contributed by atoms with van der Waals surface area (Å²) in [7, 11) is 0. The summed E-state index contributed by atoms with van der Waals surface area (Å²) in [6.07, 6.45) is 1.71. The summed E-state index contributed by atoms with van der Waals surface area (Å²) >= 11 is 1.67. The number of benzene rings is 3. The first-order valence-corrected chi connectivity index (χ1v) is 15.2. The third-order valence-corrected chi connectivity index (χ3v) is 8.12. The van der Waals surface area contributed by atoms with Crippen LogP contribution in [0.1, 0.15) is 35.4 Å². The number of amides is 1. The van der Waals surface area contributed by atoms with Crippen LogP contribution in [0.5, 0.6) is 11.5 Å². The molecule has 1 aliphatic heterocycles. The molecule has 0 saturated carbocycles. The Balaban J connectivity index is 1.17. The molecular formula is C34H36NO6S-. The average Bonchev–Trinajstić information content (AvgIpc) is 3.54. The lowest BCUT2D eigenvalue weighted by molar-refractivity contribution is -0.268. The molecule has 0 aliphatic carbocycles. The van der Waals surface area contributed by atoms with Gasteiger partial charge in [-0.2, -0.15) is 11.3 Å². The number of ether oxygens (including phenoxy) is 4. The highest BCUT2D eigenvalue weighted by atomic mass is 32.1. The highest BCUT2D eigenvalue weighted by molar-refractivity contribution is 7.07. The Morgan fingerprint density at radius 3 is 2.57 bits per heavy atom. The van der Waals surface area contributed by atoms with Crippen molar-refractivity contribution >= 4 is 28.2 Å². The Morgan fingerprint density at radius 2 is 1.79 bits per heavy atom. The number of piperidine rings is 1. The first-order valence-electron chi connectivity index (χ1n) is 14.2. The van der Waals surface area contributed by atoms with Crippen molar-refractivity contribution in [2.45, 2.75) is 38.1 Å².